The van der Waals surface area contributed by atoms with Crippen LogP contribution in [0.5, 0.6) is 5.75 Å². The number of amides is 1. The molecule has 1 amide bonds. The molecular weight excluding hydrogens is 319 g/mol. The van der Waals surface area contributed by atoms with Crippen molar-refractivity contribution in [1.29, 1.82) is 5.26 Å². The number of piperidine rings is 1. The van der Waals surface area contributed by atoms with Crippen LogP contribution in [0.4, 0.5) is 4.39 Å². The van der Waals surface area contributed by atoms with E-state index in [0.717, 1.165) is 5.56 Å². The van der Waals surface area contributed by atoms with Crippen LogP contribution in [-0.4, -0.2) is 30.5 Å². The number of rotatable bonds is 4. The molecule has 4 nitrogen and oxygen atoms in total. The van der Waals surface area contributed by atoms with Gasteiger partial charge in [-0.3, -0.25) is 4.79 Å². The minimum atomic E-state index is -0.532. The molecule has 128 valence electrons. The first-order chi connectivity index (χ1) is 12.1. The number of hydrogen-bond donors (Lipinski definition) is 0. The van der Waals surface area contributed by atoms with Gasteiger partial charge in [0.05, 0.1) is 11.5 Å². The summed E-state index contributed by atoms with van der Waals surface area (Å²) in [6.45, 7) is 0.957. The number of carbonyl (C=O) groups excluding carboxylic acids is 1. The third-order valence-electron chi connectivity index (χ3n) is 4.69. The molecule has 1 aliphatic rings. The van der Waals surface area contributed by atoms with E-state index < -0.39 is 5.41 Å². The lowest BCUT2D eigenvalue weighted by molar-refractivity contribution is -0.134. The second-order valence-electron chi connectivity index (χ2n) is 6.18. The Labute approximate surface area is 146 Å². The molecule has 1 saturated heterocycles. The minimum absolute atomic E-state index is 0.0868. The number of nitriles is 1. The topological polar surface area (TPSA) is 53.3 Å². The molecule has 0 atom stereocenters. The minimum Gasteiger partial charge on any atom is -0.484 e. The van der Waals surface area contributed by atoms with E-state index in [1.54, 1.807) is 4.90 Å². The van der Waals surface area contributed by atoms with Gasteiger partial charge in [-0.1, -0.05) is 30.3 Å². The molecule has 2 aromatic carbocycles. The van der Waals surface area contributed by atoms with E-state index in [0.29, 0.717) is 31.7 Å². The van der Waals surface area contributed by atoms with Gasteiger partial charge in [-0.05, 0) is 42.7 Å². The van der Waals surface area contributed by atoms with E-state index in [4.69, 9.17) is 4.74 Å². The van der Waals surface area contributed by atoms with Crippen molar-refractivity contribution in [2.75, 3.05) is 19.7 Å². The molecule has 0 radical (unpaired) electrons. The molecule has 1 aliphatic heterocycles. The second kappa shape index (κ2) is 7.35. The van der Waals surface area contributed by atoms with E-state index >= 15 is 0 Å². The number of halogens is 1. The summed E-state index contributed by atoms with van der Waals surface area (Å²) in [7, 11) is 0. The van der Waals surface area contributed by atoms with Gasteiger partial charge in [-0.15, -0.1) is 0 Å². The standard InChI is InChI=1S/C20H19FN2O2/c21-17-6-8-18(9-7-17)25-14-19(24)23-12-10-20(15-22,11-13-23)16-4-2-1-3-5-16/h1-9H,10-14H2. The Morgan fingerprint density at radius 3 is 2.36 bits per heavy atom. The van der Waals surface area contributed by atoms with Crippen LogP contribution < -0.4 is 4.74 Å². The Morgan fingerprint density at radius 1 is 1.12 bits per heavy atom. The van der Waals surface area contributed by atoms with Crippen molar-refractivity contribution in [1.82, 2.24) is 4.90 Å². The fourth-order valence-corrected chi connectivity index (χ4v) is 3.13. The summed E-state index contributed by atoms with van der Waals surface area (Å²) in [4.78, 5) is 14.0. The summed E-state index contributed by atoms with van der Waals surface area (Å²) in [5.41, 5.74) is 0.475. The fraction of sp³-hybridized carbons (Fsp3) is 0.300. The maximum absolute atomic E-state index is 12.9. The molecule has 0 spiro atoms. The summed E-state index contributed by atoms with van der Waals surface area (Å²) >= 11 is 0. The molecule has 25 heavy (non-hydrogen) atoms. The largest absolute Gasteiger partial charge is 0.484 e. The lowest BCUT2D eigenvalue weighted by atomic mass is 9.74. The Kier molecular flexibility index (Phi) is 4.99. The highest BCUT2D eigenvalue weighted by molar-refractivity contribution is 5.78. The lowest BCUT2D eigenvalue weighted by Crippen LogP contribution is -2.46. The predicted octanol–water partition coefficient (Wildman–Crippen LogP) is 3.29. The predicted molar refractivity (Wildman–Crippen MR) is 91.4 cm³/mol. The van der Waals surface area contributed by atoms with Crippen molar-refractivity contribution < 1.29 is 13.9 Å². The average molecular weight is 338 g/mol. The van der Waals surface area contributed by atoms with Crippen LogP contribution in [0.2, 0.25) is 0 Å². The first-order valence-corrected chi connectivity index (χ1v) is 8.26. The number of likely N-dealkylation sites (tertiary alicyclic amines) is 1. The highest BCUT2D eigenvalue weighted by Crippen LogP contribution is 2.34. The first kappa shape index (κ1) is 17.0. The summed E-state index contributed by atoms with van der Waals surface area (Å²) in [6.07, 6.45) is 1.21. The Bertz CT molecular complexity index is 761. The van der Waals surface area contributed by atoms with E-state index in [1.807, 2.05) is 30.3 Å². The molecule has 0 bridgehead atoms. The molecule has 0 saturated carbocycles. The van der Waals surface area contributed by atoms with Gasteiger partial charge in [0.25, 0.3) is 5.91 Å². The van der Waals surface area contributed by atoms with Gasteiger partial charge in [-0.2, -0.15) is 5.26 Å². The SMILES string of the molecule is N#CC1(c2ccccc2)CCN(C(=O)COc2ccc(F)cc2)CC1. The van der Waals surface area contributed by atoms with Crippen LogP contribution in [0.25, 0.3) is 0 Å². The molecule has 1 fully saturated rings. The van der Waals surface area contributed by atoms with Crippen LogP contribution in [0.15, 0.2) is 54.6 Å². The Hall–Kier alpha value is -2.87. The smallest absolute Gasteiger partial charge is 0.260 e. The van der Waals surface area contributed by atoms with Crippen molar-refractivity contribution in [2.24, 2.45) is 0 Å². The van der Waals surface area contributed by atoms with Crippen LogP contribution in [0, 0.1) is 17.1 Å². The normalized spacial score (nSPS) is 16.1. The summed E-state index contributed by atoms with van der Waals surface area (Å²) in [6, 6.07) is 17.8. The zero-order valence-electron chi connectivity index (χ0n) is 13.8. The van der Waals surface area contributed by atoms with Gasteiger partial charge in [0.1, 0.15) is 11.6 Å². The molecule has 0 aromatic heterocycles. The maximum Gasteiger partial charge on any atom is 0.260 e. The van der Waals surface area contributed by atoms with Crippen molar-refractivity contribution in [3.8, 4) is 11.8 Å². The zero-order valence-corrected chi connectivity index (χ0v) is 13.8. The monoisotopic (exact) mass is 338 g/mol. The molecule has 3 rings (SSSR count). The lowest BCUT2D eigenvalue weighted by Gasteiger charge is -2.37. The van der Waals surface area contributed by atoms with Crippen molar-refractivity contribution >= 4 is 5.91 Å². The van der Waals surface area contributed by atoms with Crippen LogP contribution in [-0.2, 0) is 10.2 Å². The number of ether oxygens (including phenoxy) is 1. The highest BCUT2D eigenvalue weighted by Gasteiger charge is 2.37. The summed E-state index contributed by atoms with van der Waals surface area (Å²) < 4.78 is 18.3. The van der Waals surface area contributed by atoms with Crippen molar-refractivity contribution in [2.45, 2.75) is 18.3 Å². The Morgan fingerprint density at radius 2 is 1.76 bits per heavy atom. The van der Waals surface area contributed by atoms with Gasteiger partial charge in [0, 0.05) is 13.1 Å². The van der Waals surface area contributed by atoms with Crippen molar-refractivity contribution in [3.63, 3.8) is 0 Å². The zero-order chi connectivity index (χ0) is 17.7. The van der Waals surface area contributed by atoms with Gasteiger partial charge in [-0.25, -0.2) is 4.39 Å². The first-order valence-electron chi connectivity index (χ1n) is 8.26. The average Bonchev–Trinajstić information content (AvgIpc) is 2.68. The molecule has 0 aliphatic carbocycles. The van der Waals surface area contributed by atoms with Crippen LogP contribution >= 0.6 is 0 Å². The van der Waals surface area contributed by atoms with E-state index in [9.17, 15) is 14.4 Å². The maximum atomic E-state index is 12.9. The number of hydrogen-bond acceptors (Lipinski definition) is 3. The van der Waals surface area contributed by atoms with Crippen LogP contribution in [0.3, 0.4) is 0 Å². The van der Waals surface area contributed by atoms with Gasteiger partial charge < -0.3 is 9.64 Å². The molecule has 2 aromatic rings. The third-order valence-corrected chi connectivity index (χ3v) is 4.69. The summed E-state index contributed by atoms with van der Waals surface area (Å²) in [5, 5.41) is 9.69. The Balaban J connectivity index is 1.57. The van der Waals surface area contributed by atoms with E-state index in [-0.39, 0.29) is 18.3 Å². The third kappa shape index (κ3) is 3.80. The molecule has 0 N–H and O–H groups in total. The second-order valence-corrected chi connectivity index (χ2v) is 6.18. The number of benzene rings is 2. The fourth-order valence-electron chi connectivity index (χ4n) is 3.13. The van der Waals surface area contributed by atoms with Gasteiger partial charge in [0.2, 0.25) is 0 Å². The summed E-state index contributed by atoms with van der Waals surface area (Å²) in [5.74, 6) is -0.00481. The quantitative estimate of drug-likeness (QED) is 0.859. The molecule has 1 heterocycles. The molecular formula is C20H19FN2O2. The molecule has 5 heteroatoms. The molecule has 0 unspecified atom stereocenters. The van der Waals surface area contributed by atoms with Crippen molar-refractivity contribution in [3.05, 3.63) is 66.0 Å². The van der Waals surface area contributed by atoms with E-state index in [2.05, 4.69) is 6.07 Å². The van der Waals surface area contributed by atoms with Gasteiger partial charge >= 0.3 is 0 Å². The highest BCUT2D eigenvalue weighted by atomic mass is 19.1. The van der Waals surface area contributed by atoms with Crippen LogP contribution in [0.1, 0.15) is 18.4 Å². The van der Waals surface area contributed by atoms with Gasteiger partial charge in [0.15, 0.2) is 6.61 Å². The number of nitrogens with zero attached hydrogens (tertiary/aromatic N) is 2. The van der Waals surface area contributed by atoms with E-state index in [1.165, 1.54) is 24.3 Å². The number of carbonyl (C=O) groups is 1.